The summed E-state index contributed by atoms with van der Waals surface area (Å²) < 4.78 is 4.63. The Kier molecular flexibility index (Phi) is 7.02. The molecule has 0 spiro atoms. The van der Waals surface area contributed by atoms with Gasteiger partial charge in [0, 0.05) is 56.9 Å². The van der Waals surface area contributed by atoms with Crippen molar-refractivity contribution in [2.24, 2.45) is 7.05 Å². The molecular formula is C46H33N3. The predicted octanol–water partition coefficient (Wildman–Crippen LogP) is 12.0. The highest BCUT2D eigenvalue weighted by atomic mass is 15.0. The summed E-state index contributed by atoms with van der Waals surface area (Å²) in [5, 5.41) is 6.25. The van der Waals surface area contributed by atoms with Gasteiger partial charge in [-0.2, -0.15) is 0 Å². The molecule has 0 amide bonds. The molecule has 0 aliphatic heterocycles. The quantitative estimate of drug-likeness (QED) is 0.191. The van der Waals surface area contributed by atoms with Crippen LogP contribution in [0, 0.1) is 0 Å². The number of hydrogen-bond donors (Lipinski definition) is 0. The minimum atomic E-state index is 1.04. The van der Waals surface area contributed by atoms with Gasteiger partial charge in [-0.3, -0.25) is 4.98 Å². The van der Waals surface area contributed by atoms with Gasteiger partial charge in [-0.15, -0.1) is 0 Å². The first-order valence-corrected chi connectivity index (χ1v) is 16.7. The topological polar surface area (TPSA) is 22.8 Å². The van der Waals surface area contributed by atoms with Gasteiger partial charge < -0.3 is 9.13 Å². The third-order valence-corrected chi connectivity index (χ3v) is 9.64. The summed E-state index contributed by atoms with van der Waals surface area (Å²) in [7, 11) is 2.12. The second-order valence-electron chi connectivity index (χ2n) is 12.5. The fourth-order valence-corrected chi connectivity index (χ4v) is 7.31. The number of aromatic nitrogens is 3. The van der Waals surface area contributed by atoms with Gasteiger partial charge in [0.15, 0.2) is 0 Å². The SMILES string of the molecule is Cn1c2ccccc2c2ccccc21.c1ccc(-c2cccc(-n3c4cc(-c5ccccc5)ccc4c4c5ncccc5ccc43)c2)cc1. The van der Waals surface area contributed by atoms with Gasteiger partial charge in [0.25, 0.3) is 0 Å². The van der Waals surface area contributed by atoms with Crippen LogP contribution in [0.3, 0.4) is 0 Å². The molecule has 0 radical (unpaired) electrons. The molecule has 0 aliphatic rings. The summed E-state index contributed by atoms with van der Waals surface area (Å²) >= 11 is 0. The lowest BCUT2D eigenvalue weighted by Crippen LogP contribution is -1.94. The largest absolute Gasteiger partial charge is 0.344 e. The Balaban J connectivity index is 0.000000193. The number of pyridine rings is 1. The van der Waals surface area contributed by atoms with E-state index in [1.165, 1.54) is 65.9 Å². The van der Waals surface area contributed by atoms with Crippen molar-refractivity contribution < 1.29 is 0 Å². The van der Waals surface area contributed by atoms with E-state index in [0.717, 1.165) is 16.6 Å². The number of rotatable bonds is 3. The lowest BCUT2D eigenvalue weighted by molar-refractivity contribution is 1.01. The molecule has 0 fully saturated rings. The number of hydrogen-bond acceptors (Lipinski definition) is 1. The third-order valence-electron chi connectivity index (χ3n) is 9.64. The third kappa shape index (κ3) is 4.95. The standard InChI is InChI=1S/C33H22N2.C13H11N/c1-3-9-23(10-4-1)26-13-7-15-28(21-26)35-30-19-17-25-14-8-20-34-33(25)32(30)29-18-16-27(22-31(29)35)24-11-5-2-6-12-24;1-14-12-8-4-2-6-10(12)11-7-3-5-9-13(11)14/h1-22H;2-9H,1H3. The molecule has 0 saturated heterocycles. The van der Waals surface area contributed by atoms with Gasteiger partial charge in [0.2, 0.25) is 0 Å². The van der Waals surface area contributed by atoms with E-state index in [1.54, 1.807) is 0 Å². The van der Waals surface area contributed by atoms with E-state index in [4.69, 9.17) is 4.98 Å². The van der Waals surface area contributed by atoms with E-state index in [-0.39, 0.29) is 0 Å². The van der Waals surface area contributed by atoms with E-state index >= 15 is 0 Å². The van der Waals surface area contributed by atoms with Crippen molar-refractivity contribution in [1.82, 2.24) is 14.1 Å². The monoisotopic (exact) mass is 627 g/mol. The van der Waals surface area contributed by atoms with Crippen molar-refractivity contribution in [1.29, 1.82) is 0 Å². The first-order valence-electron chi connectivity index (χ1n) is 16.7. The minimum Gasteiger partial charge on any atom is -0.344 e. The molecule has 49 heavy (non-hydrogen) atoms. The molecule has 7 aromatic carbocycles. The van der Waals surface area contributed by atoms with E-state index in [1.807, 2.05) is 12.3 Å². The summed E-state index contributed by atoms with van der Waals surface area (Å²) in [6.07, 6.45) is 1.89. The van der Waals surface area contributed by atoms with Gasteiger partial charge in [0.1, 0.15) is 0 Å². The van der Waals surface area contributed by atoms with Crippen LogP contribution >= 0.6 is 0 Å². The molecule has 10 rings (SSSR count). The zero-order valence-corrected chi connectivity index (χ0v) is 27.2. The van der Waals surface area contributed by atoms with Crippen molar-refractivity contribution in [2.75, 3.05) is 0 Å². The fraction of sp³-hybridized carbons (Fsp3) is 0.0217. The van der Waals surface area contributed by atoms with E-state index in [0.29, 0.717) is 0 Å². The maximum Gasteiger partial charge on any atom is 0.0802 e. The van der Waals surface area contributed by atoms with Crippen LogP contribution in [0.5, 0.6) is 0 Å². The maximum atomic E-state index is 4.80. The molecular weight excluding hydrogens is 595 g/mol. The summed E-state index contributed by atoms with van der Waals surface area (Å²) in [4.78, 5) is 4.80. The van der Waals surface area contributed by atoms with E-state index in [2.05, 4.69) is 186 Å². The molecule has 3 nitrogen and oxygen atoms in total. The molecule has 0 aliphatic carbocycles. The normalized spacial score (nSPS) is 11.4. The van der Waals surface area contributed by atoms with Crippen LogP contribution in [-0.4, -0.2) is 14.1 Å². The minimum absolute atomic E-state index is 1.04. The second kappa shape index (κ2) is 12.0. The van der Waals surface area contributed by atoms with Crippen LogP contribution in [-0.2, 0) is 7.05 Å². The van der Waals surface area contributed by atoms with Gasteiger partial charge in [-0.25, -0.2) is 0 Å². The first kappa shape index (κ1) is 28.7. The molecule has 3 heteroatoms. The van der Waals surface area contributed by atoms with Crippen molar-refractivity contribution in [3.8, 4) is 27.9 Å². The molecule has 0 saturated carbocycles. The molecule has 0 bridgehead atoms. The van der Waals surface area contributed by atoms with Crippen molar-refractivity contribution >= 4 is 54.5 Å². The predicted molar refractivity (Wildman–Crippen MR) is 207 cm³/mol. The molecule has 3 heterocycles. The van der Waals surface area contributed by atoms with Crippen LogP contribution in [0.4, 0.5) is 0 Å². The van der Waals surface area contributed by atoms with Crippen LogP contribution in [0.1, 0.15) is 0 Å². The van der Waals surface area contributed by atoms with Crippen LogP contribution in [0.2, 0.25) is 0 Å². The summed E-state index contributed by atoms with van der Waals surface area (Å²) in [5.74, 6) is 0. The number of nitrogens with zero attached hydrogens (tertiary/aromatic N) is 3. The highest BCUT2D eigenvalue weighted by Crippen LogP contribution is 2.38. The Morgan fingerprint density at radius 1 is 0.408 bits per heavy atom. The average Bonchev–Trinajstić information content (AvgIpc) is 3.67. The van der Waals surface area contributed by atoms with Crippen molar-refractivity contribution in [3.63, 3.8) is 0 Å². The Morgan fingerprint density at radius 3 is 1.71 bits per heavy atom. The smallest absolute Gasteiger partial charge is 0.0802 e. The Morgan fingerprint density at radius 2 is 1.02 bits per heavy atom. The molecule has 0 atom stereocenters. The molecule has 232 valence electrons. The highest BCUT2D eigenvalue weighted by Gasteiger charge is 2.17. The summed E-state index contributed by atoms with van der Waals surface area (Å²) in [5.41, 5.74) is 12.0. The van der Waals surface area contributed by atoms with Crippen LogP contribution < -0.4 is 0 Å². The number of aryl methyl sites for hydroxylation is 1. The zero-order chi connectivity index (χ0) is 32.7. The number of fused-ring (bicyclic) bond motifs is 8. The Labute approximate surface area is 284 Å². The average molecular weight is 628 g/mol. The second-order valence-corrected chi connectivity index (χ2v) is 12.5. The van der Waals surface area contributed by atoms with Gasteiger partial charge in [0.05, 0.1) is 16.6 Å². The van der Waals surface area contributed by atoms with Crippen molar-refractivity contribution in [2.45, 2.75) is 0 Å². The van der Waals surface area contributed by atoms with Gasteiger partial charge in [-0.1, -0.05) is 133 Å². The molecule has 3 aromatic heterocycles. The van der Waals surface area contributed by atoms with E-state index < -0.39 is 0 Å². The fourth-order valence-electron chi connectivity index (χ4n) is 7.31. The van der Waals surface area contributed by atoms with E-state index in [9.17, 15) is 0 Å². The Hall–Kier alpha value is -6.45. The van der Waals surface area contributed by atoms with Crippen LogP contribution in [0.25, 0.3) is 82.5 Å². The lowest BCUT2D eigenvalue weighted by atomic mass is 10.0. The maximum absolute atomic E-state index is 4.80. The van der Waals surface area contributed by atoms with Crippen LogP contribution in [0.15, 0.2) is 182 Å². The molecule has 10 aromatic rings. The van der Waals surface area contributed by atoms with Crippen molar-refractivity contribution in [3.05, 3.63) is 182 Å². The molecule has 0 N–H and O–H groups in total. The Bertz CT molecular complexity index is 2720. The molecule has 0 unspecified atom stereocenters. The summed E-state index contributed by atoms with van der Waals surface area (Å²) in [6, 6.07) is 62.3. The highest BCUT2D eigenvalue weighted by molar-refractivity contribution is 6.20. The number of benzene rings is 7. The van der Waals surface area contributed by atoms with Gasteiger partial charge >= 0.3 is 0 Å². The lowest BCUT2D eigenvalue weighted by Gasteiger charge is -2.11. The van der Waals surface area contributed by atoms with Gasteiger partial charge in [-0.05, 0) is 64.7 Å². The zero-order valence-electron chi connectivity index (χ0n) is 27.2. The first-order chi connectivity index (χ1) is 24.2. The summed E-state index contributed by atoms with van der Waals surface area (Å²) in [6.45, 7) is 0. The number of para-hydroxylation sites is 2.